The van der Waals surface area contributed by atoms with E-state index >= 15 is 0 Å². The van der Waals surface area contributed by atoms with Crippen molar-refractivity contribution in [2.24, 2.45) is 5.73 Å². The molecule has 3 N–H and O–H groups in total. The second-order valence-electron chi connectivity index (χ2n) is 6.30. The molecule has 0 aliphatic carbocycles. The molecule has 0 saturated carbocycles. The SMILES string of the molecule is CC(N)CCC(=O)NCCc1ccc(S(=O)(=O)N2CCCCC2)s1.Cl. The predicted octanol–water partition coefficient (Wildman–Crippen LogP) is 2.13. The van der Waals surface area contributed by atoms with Gasteiger partial charge in [-0.3, -0.25) is 4.79 Å². The van der Waals surface area contributed by atoms with E-state index in [1.54, 1.807) is 10.4 Å². The van der Waals surface area contributed by atoms with E-state index < -0.39 is 10.0 Å². The number of sulfonamides is 1. The molecule has 1 aromatic rings. The molecule has 0 bridgehead atoms. The summed E-state index contributed by atoms with van der Waals surface area (Å²) < 4.78 is 27.2. The van der Waals surface area contributed by atoms with Crippen molar-refractivity contribution >= 4 is 39.7 Å². The highest BCUT2D eigenvalue weighted by molar-refractivity contribution is 7.91. The molecule has 2 rings (SSSR count). The molecule has 1 saturated heterocycles. The van der Waals surface area contributed by atoms with Crippen LogP contribution in [0.15, 0.2) is 16.3 Å². The van der Waals surface area contributed by atoms with Crippen molar-refractivity contribution in [1.29, 1.82) is 0 Å². The fourth-order valence-corrected chi connectivity index (χ4v) is 5.66. The molecular formula is C16H28ClN3O3S2. The highest BCUT2D eigenvalue weighted by Crippen LogP contribution is 2.27. The van der Waals surface area contributed by atoms with Crippen LogP contribution in [0, 0.1) is 0 Å². The minimum atomic E-state index is -3.35. The molecule has 1 fully saturated rings. The fourth-order valence-electron chi connectivity index (χ4n) is 2.64. The molecule has 9 heteroatoms. The first-order chi connectivity index (χ1) is 11.4. The van der Waals surface area contributed by atoms with Crippen LogP contribution >= 0.6 is 23.7 Å². The van der Waals surface area contributed by atoms with Gasteiger partial charge in [-0.1, -0.05) is 6.42 Å². The Morgan fingerprint density at radius 2 is 2.00 bits per heavy atom. The number of rotatable bonds is 8. The third-order valence-electron chi connectivity index (χ3n) is 4.07. The van der Waals surface area contributed by atoms with Gasteiger partial charge in [-0.05, 0) is 44.7 Å². The number of nitrogens with zero attached hydrogens (tertiary/aromatic N) is 1. The van der Waals surface area contributed by atoms with Crippen LogP contribution in [0.4, 0.5) is 0 Å². The molecule has 1 aromatic heterocycles. The smallest absolute Gasteiger partial charge is 0.252 e. The first-order valence-electron chi connectivity index (χ1n) is 8.51. The number of nitrogens with one attached hydrogen (secondary N) is 1. The largest absolute Gasteiger partial charge is 0.356 e. The first kappa shape index (κ1) is 22.4. The van der Waals surface area contributed by atoms with Gasteiger partial charge in [0.1, 0.15) is 4.21 Å². The van der Waals surface area contributed by atoms with Crippen molar-refractivity contribution in [3.63, 3.8) is 0 Å². The van der Waals surface area contributed by atoms with Gasteiger partial charge >= 0.3 is 0 Å². The lowest BCUT2D eigenvalue weighted by atomic mass is 10.2. The highest BCUT2D eigenvalue weighted by Gasteiger charge is 2.27. The van der Waals surface area contributed by atoms with Crippen molar-refractivity contribution < 1.29 is 13.2 Å². The van der Waals surface area contributed by atoms with Crippen LogP contribution < -0.4 is 11.1 Å². The maximum atomic E-state index is 12.6. The average molecular weight is 410 g/mol. The van der Waals surface area contributed by atoms with Gasteiger partial charge in [-0.15, -0.1) is 23.7 Å². The zero-order chi connectivity index (χ0) is 17.6. The monoisotopic (exact) mass is 409 g/mol. The minimum Gasteiger partial charge on any atom is -0.356 e. The van der Waals surface area contributed by atoms with Gasteiger partial charge in [0.25, 0.3) is 10.0 Å². The summed E-state index contributed by atoms with van der Waals surface area (Å²) in [4.78, 5) is 12.6. The summed E-state index contributed by atoms with van der Waals surface area (Å²) >= 11 is 1.30. The van der Waals surface area contributed by atoms with Crippen molar-refractivity contribution in [3.05, 3.63) is 17.0 Å². The lowest BCUT2D eigenvalue weighted by molar-refractivity contribution is -0.121. The number of hydrogen-bond donors (Lipinski definition) is 2. The van der Waals surface area contributed by atoms with Crippen LogP contribution in [0.1, 0.15) is 43.9 Å². The summed E-state index contributed by atoms with van der Waals surface area (Å²) in [5, 5.41) is 2.85. The van der Waals surface area contributed by atoms with E-state index in [2.05, 4.69) is 5.32 Å². The fraction of sp³-hybridized carbons (Fsp3) is 0.688. The molecule has 1 atom stereocenters. The van der Waals surface area contributed by atoms with Crippen LogP contribution in [0.25, 0.3) is 0 Å². The minimum absolute atomic E-state index is 0. The first-order valence-corrected chi connectivity index (χ1v) is 10.8. The Morgan fingerprint density at radius 3 is 2.64 bits per heavy atom. The second-order valence-corrected chi connectivity index (χ2v) is 9.63. The van der Waals surface area contributed by atoms with Gasteiger partial charge < -0.3 is 11.1 Å². The Bertz CT molecular complexity index is 641. The number of carbonyl (C=O) groups excluding carboxylic acids is 1. The van der Waals surface area contributed by atoms with E-state index in [9.17, 15) is 13.2 Å². The maximum Gasteiger partial charge on any atom is 0.252 e. The summed E-state index contributed by atoms with van der Waals surface area (Å²) in [7, 11) is -3.35. The molecule has 1 aliphatic rings. The quantitative estimate of drug-likeness (QED) is 0.687. The third-order valence-corrected chi connectivity index (χ3v) is 7.58. The number of nitrogens with two attached hydrogens (primary N) is 1. The van der Waals surface area contributed by atoms with Gasteiger partial charge in [-0.25, -0.2) is 8.42 Å². The molecule has 1 amide bonds. The highest BCUT2D eigenvalue weighted by atomic mass is 35.5. The summed E-state index contributed by atoms with van der Waals surface area (Å²) in [6, 6.07) is 3.55. The number of amides is 1. The normalized spacial score (nSPS) is 16.9. The number of piperidine rings is 1. The lowest BCUT2D eigenvalue weighted by Crippen LogP contribution is -2.35. The van der Waals surface area contributed by atoms with Gasteiger partial charge in [0.2, 0.25) is 5.91 Å². The molecule has 2 heterocycles. The maximum absolute atomic E-state index is 12.6. The number of carbonyl (C=O) groups is 1. The van der Waals surface area contributed by atoms with Gasteiger partial charge in [-0.2, -0.15) is 4.31 Å². The van der Waals surface area contributed by atoms with Gasteiger partial charge in [0.15, 0.2) is 0 Å². The Labute approximate surface area is 160 Å². The molecule has 144 valence electrons. The number of halogens is 1. The zero-order valence-electron chi connectivity index (χ0n) is 14.6. The topological polar surface area (TPSA) is 92.5 Å². The summed E-state index contributed by atoms with van der Waals surface area (Å²) in [5.41, 5.74) is 5.63. The van der Waals surface area contributed by atoms with Crippen molar-refractivity contribution in [2.45, 2.75) is 55.7 Å². The molecule has 1 unspecified atom stereocenters. The van der Waals surface area contributed by atoms with Gasteiger partial charge in [0.05, 0.1) is 0 Å². The number of thiophene rings is 1. The Hall–Kier alpha value is -0.670. The van der Waals surface area contributed by atoms with Crippen LogP contribution in [-0.4, -0.2) is 44.3 Å². The lowest BCUT2D eigenvalue weighted by Gasteiger charge is -2.25. The molecule has 6 nitrogen and oxygen atoms in total. The van der Waals surface area contributed by atoms with E-state index in [0.29, 0.717) is 43.1 Å². The Balaban J connectivity index is 0.00000312. The predicted molar refractivity (Wildman–Crippen MR) is 104 cm³/mol. The molecular weight excluding hydrogens is 382 g/mol. The standard InChI is InChI=1S/C16H27N3O3S2.ClH/c1-13(17)5-7-15(20)18-10-9-14-6-8-16(23-14)24(21,22)19-11-3-2-4-12-19;/h6,8,13H,2-5,7,9-12,17H2,1H3,(H,18,20);1H. The Morgan fingerprint density at radius 1 is 1.32 bits per heavy atom. The van der Waals surface area contributed by atoms with E-state index in [0.717, 1.165) is 24.1 Å². The van der Waals surface area contributed by atoms with E-state index in [4.69, 9.17) is 5.73 Å². The van der Waals surface area contributed by atoms with Crippen LogP contribution in [0.2, 0.25) is 0 Å². The van der Waals surface area contributed by atoms with Crippen LogP contribution in [0.5, 0.6) is 0 Å². The van der Waals surface area contributed by atoms with Gasteiger partial charge in [0, 0.05) is 37.0 Å². The van der Waals surface area contributed by atoms with Crippen LogP contribution in [-0.2, 0) is 21.2 Å². The molecule has 0 aromatic carbocycles. The molecule has 25 heavy (non-hydrogen) atoms. The van der Waals surface area contributed by atoms with E-state index in [1.165, 1.54) is 11.3 Å². The van der Waals surface area contributed by atoms with Crippen molar-refractivity contribution in [1.82, 2.24) is 9.62 Å². The third kappa shape index (κ3) is 6.86. The second kappa shape index (κ2) is 10.5. The molecule has 0 radical (unpaired) electrons. The summed E-state index contributed by atoms with van der Waals surface area (Å²) in [5.74, 6) is -0.00924. The average Bonchev–Trinajstić information content (AvgIpc) is 3.03. The van der Waals surface area contributed by atoms with Crippen molar-refractivity contribution in [3.8, 4) is 0 Å². The molecule has 0 spiro atoms. The van der Waals surface area contributed by atoms with E-state index in [1.807, 2.05) is 13.0 Å². The van der Waals surface area contributed by atoms with Crippen LogP contribution in [0.3, 0.4) is 0 Å². The zero-order valence-corrected chi connectivity index (χ0v) is 17.0. The molecule has 1 aliphatic heterocycles. The summed E-state index contributed by atoms with van der Waals surface area (Å²) in [6.45, 7) is 3.63. The van der Waals surface area contributed by atoms with Crippen molar-refractivity contribution in [2.75, 3.05) is 19.6 Å². The number of hydrogen-bond acceptors (Lipinski definition) is 5. The van der Waals surface area contributed by atoms with E-state index in [-0.39, 0.29) is 24.4 Å². The summed E-state index contributed by atoms with van der Waals surface area (Å²) in [6.07, 6.45) is 4.71. The Kier molecular flexibility index (Phi) is 9.37.